The van der Waals surface area contributed by atoms with Crippen molar-refractivity contribution in [2.75, 3.05) is 52.4 Å². The van der Waals surface area contributed by atoms with Crippen molar-refractivity contribution in [2.24, 2.45) is 0 Å². The third kappa shape index (κ3) is 10.9. The molecule has 2 aromatic carbocycles. The van der Waals surface area contributed by atoms with Gasteiger partial charge in [0.15, 0.2) is 0 Å². The number of benzene rings is 2. The number of carboxylic acid groups (broad SMARTS) is 2. The molecule has 0 aromatic heterocycles. The Bertz CT molecular complexity index is 830. The van der Waals surface area contributed by atoms with Gasteiger partial charge in [0.25, 0.3) is 0 Å². The number of rotatable bonds is 12. The van der Waals surface area contributed by atoms with Crippen molar-refractivity contribution in [2.45, 2.75) is 65.2 Å². The van der Waals surface area contributed by atoms with Crippen LogP contribution in [0.4, 0.5) is 0 Å². The van der Waals surface area contributed by atoms with Crippen molar-refractivity contribution >= 4 is 23.7 Å². The highest BCUT2D eigenvalue weighted by Crippen LogP contribution is 2.32. The Labute approximate surface area is 229 Å². The third-order valence-electron chi connectivity index (χ3n) is 7.82. The van der Waals surface area contributed by atoms with Crippen LogP contribution in [0.1, 0.15) is 76.1 Å². The molecule has 0 amide bonds. The first kappa shape index (κ1) is 34.6. The van der Waals surface area contributed by atoms with Crippen LogP contribution in [0.5, 0.6) is 0 Å². The van der Waals surface area contributed by atoms with Gasteiger partial charge in [-0.05, 0) is 79.7 Å². The van der Waals surface area contributed by atoms with E-state index >= 15 is 0 Å². The van der Waals surface area contributed by atoms with Crippen molar-refractivity contribution in [3.8, 4) is 0 Å². The van der Waals surface area contributed by atoms with Crippen LogP contribution < -0.4 is 0 Å². The Morgan fingerprint density at radius 1 is 0.541 bits per heavy atom. The number of carboxylic acids is 2. The van der Waals surface area contributed by atoms with Crippen molar-refractivity contribution < 1.29 is 28.8 Å². The molecule has 6 nitrogen and oxygen atoms in total. The van der Waals surface area contributed by atoms with Crippen LogP contribution >= 0.6 is 11.8 Å². The summed E-state index contributed by atoms with van der Waals surface area (Å²) < 4.78 is 2.56. The summed E-state index contributed by atoms with van der Waals surface area (Å²) in [5, 5.41) is 18.2. The molecule has 2 rings (SSSR count). The largest absolute Gasteiger partial charge is 0.478 e. The van der Waals surface area contributed by atoms with Gasteiger partial charge < -0.3 is 19.2 Å². The van der Waals surface area contributed by atoms with E-state index in [1.54, 1.807) is 36.4 Å². The standard InChI is InChI=1S/C14H10O4S.2C8H20N/c15-13(16)9-5-1-3-7-11(9)19-12-8-4-2-6-10(12)14(17)18;2*1-5-9(6-2,7-3)8-4/h1-8H,(H,15,16)(H,17,18);2*5-8H2,1-4H3/q;2*+1. The highest BCUT2D eigenvalue weighted by molar-refractivity contribution is 7.99. The normalized spacial score (nSPS) is 11.0. The summed E-state index contributed by atoms with van der Waals surface area (Å²) in [6.07, 6.45) is 0. The van der Waals surface area contributed by atoms with E-state index in [-0.39, 0.29) is 11.1 Å². The van der Waals surface area contributed by atoms with Gasteiger partial charge in [0, 0.05) is 9.79 Å². The van der Waals surface area contributed by atoms with Crippen LogP contribution in [0.15, 0.2) is 58.3 Å². The summed E-state index contributed by atoms with van der Waals surface area (Å²) in [4.78, 5) is 23.2. The molecule has 0 aliphatic carbocycles. The molecule has 7 heteroatoms. The van der Waals surface area contributed by atoms with Crippen LogP contribution in [0.25, 0.3) is 0 Å². The molecule has 37 heavy (non-hydrogen) atoms. The van der Waals surface area contributed by atoms with Gasteiger partial charge in [0.2, 0.25) is 0 Å². The lowest BCUT2D eigenvalue weighted by Crippen LogP contribution is -2.47. The average Bonchev–Trinajstić information content (AvgIpc) is 2.93. The van der Waals surface area contributed by atoms with Gasteiger partial charge >= 0.3 is 11.9 Å². The Hall–Kier alpha value is -2.35. The Balaban J connectivity index is 0.000000606. The van der Waals surface area contributed by atoms with E-state index in [0.29, 0.717) is 9.79 Å². The first-order valence-electron chi connectivity index (χ1n) is 13.6. The fourth-order valence-corrected chi connectivity index (χ4v) is 5.33. The highest BCUT2D eigenvalue weighted by atomic mass is 32.2. The Kier molecular flexibility index (Phi) is 16.9. The van der Waals surface area contributed by atoms with Gasteiger partial charge in [-0.2, -0.15) is 0 Å². The minimum Gasteiger partial charge on any atom is -0.478 e. The number of carbonyl (C=O) groups is 2. The maximum atomic E-state index is 11.1. The SMILES string of the molecule is CC[N+](CC)(CC)CC.CC[N+](CC)(CC)CC.O=C(O)c1ccccc1Sc1ccccc1C(=O)O. The molecule has 0 radical (unpaired) electrons. The molecular formula is C30H50N2O4S+2. The minimum atomic E-state index is -1.03. The monoisotopic (exact) mass is 534 g/mol. The molecule has 208 valence electrons. The molecule has 0 saturated carbocycles. The molecule has 2 N–H and O–H groups in total. The van der Waals surface area contributed by atoms with E-state index in [0.717, 1.165) is 11.8 Å². The molecule has 0 bridgehead atoms. The zero-order chi connectivity index (χ0) is 28.5. The van der Waals surface area contributed by atoms with E-state index in [4.69, 9.17) is 10.2 Å². The fraction of sp³-hybridized carbons (Fsp3) is 0.533. The number of nitrogens with zero attached hydrogens (tertiary/aromatic N) is 2. The molecule has 0 saturated heterocycles. The van der Waals surface area contributed by atoms with Crippen molar-refractivity contribution in [3.05, 3.63) is 59.7 Å². The van der Waals surface area contributed by atoms with Crippen LogP contribution in [-0.4, -0.2) is 83.5 Å². The van der Waals surface area contributed by atoms with Crippen LogP contribution in [0.3, 0.4) is 0 Å². The second-order valence-electron chi connectivity index (χ2n) is 8.92. The fourth-order valence-electron chi connectivity index (χ4n) is 4.27. The van der Waals surface area contributed by atoms with Gasteiger partial charge in [-0.25, -0.2) is 9.59 Å². The first-order valence-corrected chi connectivity index (χ1v) is 14.4. The molecule has 2 aromatic rings. The van der Waals surface area contributed by atoms with Gasteiger partial charge in [0.1, 0.15) is 0 Å². The Morgan fingerprint density at radius 3 is 0.973 bits per heavy atom. The molecule has 0 atom stereocenters. The van der Waals surface area contributed by atoms with Crippen LogP contribution in [-0.2, 0) is 0 Å². The second-order valence-corrected chi connectivity index (χ2v) is 10.0. The summed E-state index contributed by atoms with van der Waals surface area (Å²) in [6, 6.07) is 13.0. The number of hydrogen-bond acceptors (Lipinski definition) is 3. The van der Waals surface area contributed by atoms with E-state index in [9.17, 15) is 9.59 Å². The third-order valence-corrected chi connectivity index (χ3v) is 8.97. The van der Waals surface area contributed by atoms with Gasteiger partial charge in [0.05, 0.1) is 63.5 Å². The summed E-state index contributed by atoms with van der Waals surface area (Å²) in [5.74, 6) is -2.06. The van der Waals surface area contributed by atoms with E-state index in [1.165, 1.54) is 73.5 Å². The number of aromatic carboxylic acids is 2. The van der Waals surface area contributed by atoms with Gasteiger partial charge in [-0.15, -0.1) is 0 Å². The molecule has 0 aliphatic rings. The maximum absolute atomic E-state index is 11.1. The molecule has 0 fully saturated rings. The maximum Gasteiger partial charge on any atom is 0.336 e. The van der Waals surface area contributed by atoms with Gasteiger partial charge in [-0.3, -0.25) is 0 Å². The molecule has 0 spiro atoms. The molecule has 0 unspecified atom stereocenters. The van der Waals surface area contributed by atoms with Crippen molar-refractivity contribution in [1.82, 2.24) is 0 Å². The van der Waals surface area contributed by atoms with Crippen LogP contribution in [0.2, 0.25) is 0 Å². The Morgan fingerprint density at radius 2 is 0.784 bits per heavy atom. The molecule has 0 heterocycles. The van der Waals surface area contributed by atoms with E-state index in [1.807, 2.05) is 0 Å². The second kappa shape index (κ2) is 18.0. The summed E-state index contributed by atoms with van der Waals surface area (Å²) in [6.45, 7) is 28.4. The first-order chi connectivity index (χ1) is 17.6. The lowest BCUT2D eigenvalue weighted by atomic mass is 10.2. The predicted molar refractivity (Wildman–Crippen MR) is 156 cm³/mol. The minimum absolute atomic E-state index is 0.160. The summed E-state index contributed by atoms with van der Waals surface area (Å²) in [5.41, 5.74) is 0.320. The average molecular weight is 535 g/mol. The summed E-state index contributed by atoms with van der Waals surface area (Å²) >= 11 is 1.14. The van der Waals surface area contributed by atoms with Crippen LogP contribution in [0, 0.1) is 0 Å². The molecule has 0 aliphatic heterocycles. The lowest BCUT2D eigenvalue weighted by Gasteiger charge is -2.34. The quantitative estimate of drug-likeness (QED) is 0.287. The zero-order valence-corrected chi connectivity index (χ0v) is 25.1. The van der Waals surface area contributed by atoms with Crippen molar-refractivity contribution in [1.29, 1.82) is 0 Å². The smallest absolute Gasteiger partial charge is 0.336 e. The van der Waals surface area contributed by atoms with E-state index < -0.39 is 11.9 Å². The predicted octanol–water partition coefficient (Wildman–Crippen LogP) is 7.00. The highest BCUT2D eigenvalue weighted by Gasteiger charge is 2.17. The van der Waals surface area contributed by atoms with Crippen molar-refractivity contribution in [3.63, 3.8) is 0 Å². The van der Waals surface area contributed by atoms with E-state index in [2.05, 4.69) is 55.4 Å². The van der Waals surface area contributed by atoms with Gasteiger partial charge in [-0.1, -0.05) is 36.0 Å². The zero-order valence-electron chi connectivity index (χ0n) is 24.3. The number of quaternary nitrogens is 2. The lowest BCUT2D eigenvalue weighted by molar-refractivity contribution is -0.921. The molecular weight excluding hydrogens is 484 g/mol. The topological polar surface area (TPSA) is 74.6 Å². The summed E-state index contributed by atoms with van der Waals surface area (Å²) in [7, 11) is 0. The number of hydrogen-bond donors (Lipinski definition) is 2.